The standard InChI is InChI=1S/C18H19F2NO3/c1-12-3-6-16(9-13(12)2)23-11-17(22)21-10-14-4-7-15(8-5-14)24-18(19)20/h3-9,18H,10-11H2,1-2H3,(H,21,22). The topological polar surface area (TPSA) is 47.6 Å². The van der Waals surface area contributed by atoms with Crippen LogP contribution in [0.1, 0.15) is 16.7 Å². The lowest BCUT2D eigenvalue weighted by Crippen LogP contribution is -2.28. The van der Waals surface area contributed by atoms with Gasteiger partial charge >= 0.3 is 6.61 Å². The number of hydrogen-bond donors (Lipinski definition) is 1. The van der Waals surface area contributed by atoms with Gasteiger partial charge in [-0.05, 0) is 54.8 Å². The van der Waals surface area contributed by atoms with Crippen LogP contribution in [0.25, 0.3) is 0 Å². The summed E-state index contributed by atoms with van der Waals surface area (Å²) in [5.41, 5.74) is 3.03. The highest BCUT2D eigenvalue weighted by molar-refractivity contribution is 5.77. The maximum Gasteiger partial charge on any atom is 0.387 e. The van der Waals surface area contributed by atoms with E-state index >= 15 is 0 Å². The Morgan fingerprint density at radius 2 is 1.71 bits per heavy atom. The van der Waals surface area contributed by atoms with E-state index in [4.69, 9.17) is 4.74 Å². The van der Waals surface area contributed by atoms with Gasteiger partial charge in [0.1, 0.15) is 11.5 Å². The molecule has 2 rings (SSSR count). The van der Waals surface area contributed by atoms with E-state index < -0.39 is 6.61 Å². The average molecular weight is 335 g/mol. The first-order valence-corrected chi connectivity index (χ1v) is 7.44. The number of nitrogens with one attached hydrogen (secondary N) is 1. The quantitative estimate of drug-likeness (QED) is 0.841. The van der Waals surface area contributed by atoms with Crippen LogP contribution < -0.4 is 14.8 Å². The summed E-state index contributed by atoms with van der Waals surface area (Å²) in [6.45, 7) is 1.32. The van der Waals surface area contributed by atoms with Crippen molar-refractivity contribution in [3.05, 3.63) is 59.2 Å². The Morgan fingerprint density at radius 3 is 2.33 bits per heavy atom. The summed E-state index contributed by atoms with van der Waals surface area (Å²) >= 11 is 0. The summed E-state index contributed by atoms with van der Waals surface area (Å²) in [4.78, 5) is 11.8. The minimum Gasteiger partial charge on any atom is -0.484 e. The van der Waals surface area contributed by atoms with Gasteiger partial charge in [-0.2, -0.15) is 8.78 Å². The van der Waals surface area contributed by atoms with Gasteiger partial charge in [0, 0.05) is 6.54 Å². The van der Waals surface area contributed by atoms with Crippen molar-refractivity contribution in [1.29, 1.82) is 0 Å². The summed E-state index contributed by atoms with van der Waals surface area (Å²) in [7, 11) is 0. The van der Waals surface area contributed by atoms with Gasteiger partial charge in [0.15, 0.2) is 6.61 Å². The molecule has 0 aliphatic carbocycles. The average Bonchev–Trinajstić information content (AvgIpc) is 2.55. The molecule has 128 valence electrons. The molecule has 0 saturated heterocycles. The van der Waals surface area contributed by atoms with Crippen molar-refractivity contribution in [3.63, 3.8) is 0 Å². The van der Waals surface area contributed by atoms with Crippen molar-refractivity contribution in [2.45, 2.75) is 27.0 Å². The molecule has 2 aromatic carbocycles. The van der Waals surface area contributed by atoms with Crippen molar-refractivity contribution < 1.29 is 23.0 Å². The highest BCUT2D eigenvalue weighted by atomic mass is 19.3. The van der Waals surface area contributed by atoms with Crippen LogP contribution >= 0.6 is 0 Å². The largest absolute Gasteiger partial charge is 0.484 e. The van der Waals surface area contributed by atoms with Crippen LogP contribution in [0.4, 0.5) is 8.78 Å². The Bertz CT molecular complexity index is 687. The molecule has 4 nitrogen and oxygen atoms in total. The van der Waals surface area contributed by atoms with Gasteiger partial charge in [-0.3, -0.25) is 4.79 Å². The third-order valence-corrected chi connectivity index (χ3v) is 3.49. The predicted molar refractivity (Wildman–Crippen MR) is 86.3 cm³/mol. The summed E-state index contributed by atoms with van der Waals surface area (Å²) in [6, 6.07) is 11.7. The molecule has 24 heavy (non-hydrogen) atoms. The molecule has 0 aliphatic heterocycles. The van der Waals surface area contributed by atoms with Crippen molar-refractivity contribution in [2.75, 3.05) is 6.61 Å². The lowest BCUT2D eigenvalue weighted by atomic mass is 10.1. The van der Waals surface area contributed by atoms with E-state index in [2.05, 4.69) is 10.1 Å². The molecule has 0 unspecified atom stereocenters. The highest BCUT2D eigenvalue weighted by Crippen LogP contribution is 2.16. The number of hydrogen-bond acceptors (Lipinski definition) is 3. The fraction of sp³-hybridized carbons (Fsp3) is 0.278. The number of carbonyl (C=O) groups is 1. The lowest BCUT2D eigenvalue weighted by molar-refractivity contribution is -0.123. The second-order valence-corrected chi connectivity index (χ2v) is 5.33. The third-order valence-electron chi connectivity index (χ3n) is 3.49. The molecule has 0 fully saturated rings. The fourth-order valence-electron chi connectivity index (χ4n) is 1.99. The molecule has 1 N–H and O–H groups in total. The van der Waals surface area contributed by atoms with Gasteiger partial charge in [0.05, 0.1) is 0 Å². The maximum atomic E-state index is 12.1. The zero-order valence-electron chi connectivity index (χ0n) is 13.5. The smallest absolute Gasteiger partial charge is 0.387 e. The Balaban J connectivity index is 1.77. The molecule has 0 heterocycles. The van der Waals surface area contributed by atoms with Crippen molar-refractivity contribution in [1.82, 2.24) is 5.32 Å². The van der Waals surface area contributed by atoms with Crippen LogP contribution in [-0.2, 0) is 11.3 Å². The van der Waals surface area contributed by atoms with Gasteiger partial charge < -0.3 is 14.8 Å². The van der Waals surface area contributed by atoms with Crippen LogP contribution in [0, 0.1) is 13.8 Å². The molecule has 0 saturated carbocycles. The minimum atomic E-state index is -2.85. The highest BCUT2D eigenvalue weighted by Gasteiger charge is 2.06. The fourth-order valence-corrected chi connectivity index (χ4v) is 1.99. The Kier molecular flexibility index (Phi) is 6.12. The summed E-state index contributed by atoms with van der Waals surface area (Å²) in [5.74, 6) is 0.459. The normalized spacial score (nSPS) is 10.5. The predicted octanol–water partition coefficient (Wildman–Crippen LogP) is 3.60. The van der Waals surface area contributed by atoms with Crippen molar-refractivity contribution in [2.24, 2.45) is 0 Å². The first-order chi connectivity index (χ1) is 11.4. The van der Waals surface area contributed by atoms with Crippen molar-refractivity contribution in [3.8, 4) is 11.5 Å². The second-order valence-electron chi connectivity index (χ2n) is 5.33. The second kappa shape index (κ2) is 8.29. The lowest BCUT2D eigenvalue weighted by Gasteiger charge is -2.09. The number of benzene rings is 2. The number of rotatable bonds is 7. The molecule has 0 atom stereocenters. The Hall–Kier alpha value is -2.63. The molecule has 1 amide bonds. The summed E-state index contributed by atoms with van der Waals surface area (Å²) in [6.07, 6.45) is 0. The van der Waals surface area contributed by atoms with E-state index in [1.807, 2.05) is 32.0 Å². The van der Waals surface area contributed by atoms with E-state index in [0.29, 0.717) is 5.75 Å². The number of alkyl halides is 2. The van der Waals surface area contributed by atoms with Gasteiger partial charge in [-0.1, -0.05) is 18.2 Å². The van der Waals surface area contributed by atoms with Crippen LogP contribution in [0.5, 0.6) is 11.5 Å². The van der Waals surface area contributed by atoms with Crippen LogP contribution in [-0.4, -0.2) is 19.1 Å². The molecular weight excluding hydrogens is 316 g/mol. The molecule has 0 spiro atoms. The third kappa shape index (κ3) is 5.53. The molecule has 2 aromatic rings. The molecular formula is C18H19F2NO3. The van der Waals surface area contributed by atoms with Crippen LogP contribution in [0.15, 0.2) is 42.5 Å². The van der Waals surface area contributed by atoms with Crippen molar-refractivity contribution >= 4 is 5.91 Å². The monoisotopic (exact) mass is 335 g/mol. The van der Waals surface area contributed by atoms with E-state index in [9.17, 15) is 13.6 Å². The van der Waals surface area contributed by atoms with Gasteiger partial charge in [0.25, 0.3) is 5.91 Å². The summed E-state index contributed by atoms with van der Waals surface area (Å²) in [5, 5.41) is 2.70. The molecule has 0 bridgehead atoms. The van der Waals surface area contributed by atoms with Gasteiger partial charge in [-0.15, -0.1) is 0 Å². The van der Waals surface area contributed by atoms with E-state index in [1.54, 1.807) is 12.1 Å². The molecule has 0 radical (unpaired) electrons. The number of ether oxygens (including phenoxy) is 2. The summed E-state index contributed by atoms with van der Waals surface area (Å²) < 4.78 is 33.8. The number of amides is 1. The maximum absolute atomic E-state index is 12.1. The number of carbonyl (C=O) groups excluding carboxylic acids is 1. The Labute approximate surface area is 139 Å². The number of aryl methyl sites for hydroxylation is 2. The van der Waals surface area contributed by atoms with Gasteiger partial charge in [-0.25, -0.2) is 0 Å². The Morgan fingerprint density at radius 1 is 1.04 bits per heavy atom. The zero-order valence-corrected chi connectivity index (χ0v) is 13.5. The van der Waals surface area contributed by atoms with E-state index in [0.717, 1.165) is 16.7 Å². The first-order valence-electron chi connectivity index (χ1n) is 7.44. The van der Waals surface area contributed by atoms with Crippen LogP contribution in [0.3, 0.4) is 0 Å². The number of halogens is 2. The molecule has 6 heteroatoms. The van der Waals surface area contributed by atoms with Gasteiger partial charge in [0.2, 0.25) is 0 Å². The minimum absolute atomic E-state index is 0.0816. The zero-order chi connectivity index (χ0) is 17.5. The van der Waals surface area contributed by atoms with Crippen LogP contribution in [0.2, 0.25) is 0 Å². The first kappa shape index (κ1) is 17.7. The van der Waals surface area contributed by atoms with E-state index in [-0.39, 0.29) is 24.8 Å². The SMILES string of the molecule is Cc1ccc(OCC(=O)NCc2ccc(OC(F)F)cc2)cc1C. The van der Waals surface area contributed by atoms with E-state index in [1.165, 1.54) is 12.1 Å². The molecule has 0 aliphatic rings. The molecule has 0 aromatic heterocycles.